The summed E-state index contributed by atoms with van der Waals surface area (Å²) in [7, 11) is -3.16. The van der Waals surface area contributed by atoms with Gasteiger partial charge in [0.15, 0.2) is 0 Å². The Morgan fingerprint density at radius 2 is 2.25 bits per heavy atom. The number of rotatable bonds is 3. The molecule has 1 aromatic carbocycles. The van der Waals surface area contributed by atoms with Gasteiger partial charge in [-0.05, 0) is 13.0 Å². The van der Waals surface area contributed by atoms with Gasteiger partial charge in [-0.25, -0.2) is 13.1 Å². The minimum absolute atomic E-state index is 0. The monoisotopic (exact) mass is 265 g/mol. The Hall–Kier alpha value is 0.566. The van der Waals surface area contributed by atoms with Gasteiger partial charge in [0.1, 0.15) is 0 Å². The van der Waals surface area contributed by atoms with Crippen LogP contribution in [0.5, 0.6) is 5.75 Å². The number of fused-ring (bicyclic) bond motifs is 1. The molecule has 82 valence electrons. The van der Waals surface area contributed by atoms with Gasteiger partial charge in [0.25, 0.3) is 0 Å². The van der Waals surface area contributed by atoms with Crippen LogP contribution in [0.2, 0.25) is 0 Å². The van der Waals surface area contributed by atoms with Gasteiger partial charge in [-0.15, -0.1) is 5.56 Å². The average Bonchev–Trinajstić information content (AvgIpc) is 2.61. The Labute approximate surface area is 138 Å². The molecule has 2 rings (SSSR count). The molecule has 0 fully saturated rings. The van der Waals surface area contributed by atoms with Gasteiger partial charge in [-0.3, -0.25) is 0 Å². The average molecular weight is 265 g/mol. The SMILES string of the molecule is CS(=O)(=O)NCc1c[c-]cc2c1OCC2.[K+]. The largest absolute Gasteiger partial charge is 1.00 e. The van der Waals surface area contributed by atoms with Crippen molar-refractivity contribution in [1.82, 2.24) is 4.72 Å². The van der Waals surface area contributed by atoms with Gasteiger partial charge in [0.2, 0.25) is 10.0 Å². The van der Waals surface area contributed by atoms with Crippen molar-refractivity contribution in [2.75, 3.05) is 12.9 Å². The van der Waals surface area contributed by atoms with Crippen LogP contribution in [0.15, 0.2) is 12.1 Å². The summed E-state index contributed by atoms with van der Waals surface area (Å²) in [6, 6.07) is 6.62. The first kappa shape index (κ1) is 14.6. The van der Waals surface area contributed by atoms with Crippen molar-refractivity contribution in [2.24, 2.45) is 0 Å². The fourth-order valence-corrected chi connectivity index (χ4v) is 1.97. The Morgan fingerprint density at radius 3 is 2.94 bits per heavy atom. The van der Waals surface area contributed by atoms with E-state index in [4.69, 9.17) is 4.74 Å². The van der Waals surface area contributed by atoms with Crippen LogP contribution in [0, 0.1) is 6.07 Å². The van der Waals surface area contributed by atoms with E-state index >= 15 is 0 Å². The van der Waals surface area contributed by atoms with Crippen LogP contribution >= 0.6 is 0 Å². The first-order valence-corrected chi connectivity index (χ1v) is 6.55. The van der Waals surface area contributed by atoms with Gasteiger partial charge in [-0.1, -0.05) is 5.56 Å². The number of benzene rings is 1. The van der Waals surface area contributed by atoms with Crippen molar-refractivity contribution in [1.29, 1.82) is 0 Å². The van der Waals surface area contributed by atoms with Crippen molar-refractivity contribution in [3.05, 3.63) is 29.3 Å². The van der Waals surface area contributed by atoms with E-state index in [0.717, 1.165) is 29.6 Å². The zero-order valence-electron chi connectivity index (χ0n) is 9.41. The van der Waals surface area contributed by atoms with Crippen LogP contribution in [-0.2, 0) is 23.0 Å². The summed E-state index contributed by atoms with van der Waals surface area (Å²) in [5.41, 5.74) is 1.94. The number of ether oxygens (including phenoxy) is 1. The van der Waals surface area contributed by atoms with Crippen LogP contribution in [0.25, 0.3) is 0 Å². The fourth-order valence-electron chi connectivity index (χ4n) is 1.55. The van der Waals surface area contributed by atoms with E-state index in [9.17, 15) is 8.42 Å². The molecule has 6 heteroatoms. The molecule has 4 nitrogen and oxygen atoms in total. The van der Waals surface area contributed by atoms with E-state index in [1.165, 1.54) is 0 Å². The molecule has 0 spiro atoms. The van der Waals surface area contributed by atoms with E-state index in [1.54, 1.807) is 6.07 Å². The number of sulfonamides is 1. The van der Waals surface area contributed by atoms with Crippen LogP contribution in [0.3, 0.4) is 0 Å². The molecule has 0 aliphatic carbocycles. The zero-order chi connectivity index (χ0) is 10.9. The summed E-state index contributed by atoms with van der Waals surface area (Å²) in [5, 5.41) is 0. The molecule has 0 radical (unpaired) electrons. The van der Waals surface area contributed by atoms with Gasteiger partial charge in [0, 0.05) is 5.75 Å². The van der Waals surface area contributed by atoms with Crippen LogP contribution < -0.4 is 60.8 Å². The quantitative estimate of drug-likeness (QED) is 0.485. The molecule has 1 N–H and O–H groups in total. The van der Waals surface area contributed by atoms with E-state index in [-0.39, 0.29) is 57.9 Å². The molecular weight excluding hydrogens is 253 g/mol. The second kappa shape index (κ2) is 5.95. The first-order valence-electron chi connectivity index (χ1n) is 4.65. The van der Waals surface area contributed by atoms with Crippen molar-refractivity contribution >= 4 is 10.0 Å². The summed E-state index contributed by atoms with van der Waals surface area (Å²) in [6.45, 7) is 0.928. The number of hydrogen-bond donors (Lipinski definition) is 1. The van der Waals surface area contributed by atoms with Crippen molar-refractivity contribution < 1.29 is 64.5 Å². The van der Waals surface area contributed by atoms with Gasteiger partial charge in [0.05, 0.1) is 12.9 Å². The topological polar surface area (TPSA) is 55.4 Å². The minimum Gasteiger partial charge on any atom is -0.519 e. The Morgan fingerprint density at radius 1 is 1.50 bits per heavy atom. The summed E-state index contributed by atoms with van der Waals surface area (Å²) in [5.74, 6) is 0.810. The molecule has 16 heavy (non-hydrogen) atoms. The Bertz CT molecular complexity index is 473. The third-order valence-corrected chi connectivity index (χ3v) is 2.91. The van der Waals surface area contributed by atoms with Crippen LogP contribution in [-0.4, -0.2) is 21.3 Å². The van der Waals surface area contributed by atoms with Crippen molar-refractivity contribution in [3.8, 4) is 5.75 Å². The second-order valence-electron chi connectivity index (χ2n) is 3.53. The van der Waals surface area contributed by atoms with Gasteiger partial charge < -0.3 is 4.74 Å². The predicted octanol–water partition coefficient (Wildman–Crippen LogP) is -2.53. The third-order valence-electron chi connectivity index (χ3n) is 2.24. The van der Waals surface area contributed by atoms with E-state index in [1.807, 2.05) is 6.07 Å². The summed E-state index contributed by atoms with van der Waals surface area (Å²) < 4.78 is 29.8. The Kier molecular flexibility index (Phi) is 5.44. The molecule has 1 aliphatic rings. The molecule has 0 amide bonds. The maximum atomic E-state index is 10.9. The molecular formula is C10H12KNO3S. The summed E-state index contributed by atoms with van der Waals surface area (Å²) >= 11 is 0. The van der Waals surface area contributed by atoms with Crippen LogP contribution in [0.4, 0.5) is 0 Å². The molecule has 1 aromatic rings. The van der Waals surface area contributed by atoms with E-state index in [0.29, 0.717) is 6.61 Å². The zero-order valence-corrected chi connectivity index (χ0v) is 13.3. The molecule has 0 atom stereocenters. The van der Waals surface area contributed by atoms with E-state index < -0.39 is 10.0 Å². The molecule has 0 saturated heterocycles. The molecule has 0 saturated carbocycles. The normalized spacial score (nSPS) is 13.8. The fraction of sp³-hybridized carbons (Fsp3) is 0.400. The molecule has 0 bridgehead atoms. The van der Waals surface area contributed by atoms with Crippen LogP contribution in [0.1, 0.15) is 11.1 Å². The van der Waals surface area contributed by atoms with Crippen molar-refractivity contribution in [2.45, 2.75) is 13.0 Å². The molecule has 1 heterocycles. The molecule has 0 aromatic heterocycles. The minimum atomic E-state index is -3.16. The third kappa shape index (κ3) is 3.80. The van der Waals surface area contributed by atoms with Gasteiger partial charge >= 0.3 is 51.4 Å². The number of nitrogens with one attached hydrogen (secondary N) is 1. The predicted molar refractivity (Wildman–Crippen MR) is 56.2 cm³/mol. The maximum Gasteiger partial charge on any atom is 1.00 e. The van der Waals surface area contributed by atoms with E-state index in [2.05, 4.69) is 10.8 Å². The van der Waals surface area contributed by atoms with Crippen molar-refractivity contribution in [3.63, 3.8) is 0 Å². The molecule has 0 unspecified atom stereocenters. The first-order chi connectivity index (χ1) is 7.06. The summed E-state index contributed by atoms with van der Waals surface area (Å²) in [4.78, 5) is 0. The smallest absolute Gasteiger partial charge is 0.519 e. The van der Waals surface area contributed by atoms with Gasteiger partial charge in [-0.2, -0.15) is 18.2 Å². The maximum absolute atomic E-state index is 10.9. The number of hydrogen-bond acceptors (Lipinski definition) is 3. The Balaban J connectivity index is 0.00000128. The second-order valence-corrected chi connectivity index (χ2v) is 5.36. The standard InChI is InChI=1S/C10H12NO3S.K/c1-15(12,13)11-7-9-4-2-3-8-5-6-14-10(8)9;/h3-4,11H,5-7H2,1H3;/q-1;+1. The summed E-state index contributed by atoms with van der Waals surface area (Å²) in [6.07, 6.45) is 2.01. The molecule has 1 aliphatic heterocycles.